The molecule has 1 fully saturated rings. The number of imide groups is 1. The molecule has 1 aromatic rings. The van der Waals surface area contributed by atoms with Crippen LogP contribution >= 0.6 is 11.3 Å². The predicted octanol–water partition coefficient (Wildman–Crippen LogP) is 3.00. The third kappa shape index (κ3) is 5.68. The lowest BCUT2D eigenvalue weighted by atomic mass is 9.74. The third-order valence-corrected chi connectivity index (χ3v) is 7.81. The SMILES string of the molecule is CCCCCN(C(=O)N/C=C/N(C)C)C(=O)[C@@H]1C[C@@H]2Cc3c(sc(N)c3C#N)C[C@H]2N(C)C1. The van der Waals surface area contributed by atoms with Gasteiger partial charge in [0.25, 0.3) is 0 Å². The molecular formula is C24H36N6O2S. The molecule has 1 aliphatic carbocycles. The summed E-state index contributed by atoms with van der Waals surface area (Å²) in [5, 5.41) is 12.9. The molecule has 2 aliphatic rings. The second-order valence-corrected chi connectivity index (χ2v) is 10.5. The number of unbranched alkanes of at least 4 members (excludes halogenated alkanes) is 2. The van der Waals surface area contributed by atoms with Gasteiger partial charge in [-0.2, -0.15) is 5.26 Å². The van der Waals surface area contributed by atoms with Gasteiger partial charge >= 0.3 is 6.03 Å². The fourth-order valence-corrected chi connectivity index (χ4v) is 6.14. The number of urea groups is 1. The number of likely N-dealkylation sites (tertiary alicyclic amines) is 1. The Morgan fingerprint density at radius 2 is 2.09 bits per heavy atom. The maximum atomic E-state index is 13.6. The minimum Gasteiger partial charge on any atom is -0.389 e. The highest BCUT2D eigenvalue weighted by Gasteiger charge is 2.43. The minimum absolute atomic E-state index is 0.108. The molecule has 1 aliphatic heterocycles. The van der Waals surface area contributed by atoms with E-state index < -0.39 is 0 Å². The number of thiophene rings is 1. The number of nitrogens with one attached hydrogen (secondary N) is 1. The van der Waals surface area contributed by atoms with E-state index in [4.69, 9.17) is 5.73 Å². The van der Waals surface area contributed by atoms with E-state index in [1.165, 1.54) is 21.1 Å². The zero-order chi connectivity index (χ0) is 24.1. The molecule has 3 N–H and O–H groups in total. The molecule has 0 unspecified atom stereocenters. The highest BCUT2D eigenvalue weighted by Crippen LogP contribution is 2.43. The molecule has 8 nitrogen and oxygen atoms in total. The fraction of sp³-hybridized carbons (Fsp3) is 0.625. The highest BCUT2D eigenvalue weighted by molar-refractivity contribution is 7.16. The van der Waals surface area contributed by atoms with Crippen molar-refractivity contribution in [1.82, 2.24) is 20.0 Å². The molecule has 0 radical (unpaired) electrons. The summed E-state index contributed by atoms with van der Waals surface area (Å²) in [4.78, 5) is 33.1. The van der Waals surface area contributed by atoms with Crippen molar-refractivity contribution in [2.24, 2.45) is 11.8 Å². The van der Waals surface area contributed by atoms with Gasteiger partial charge in [-0.15, -0.1) is 11.3 Å². The first-order valence-corrected chi connectivity index (χ1v) is 12.5. The number of amides is 3. The first-order valence-electron chi connectivity index (χ1n) is 11.7. The Balaban J connectivity index is 1.75. The summed E-state index contributed by atoms with van der Waals surface area (Å²) >= 11 is 1.53. The van der Waals surface area contributed by atoms with Crippen molar-refractivity contribution >= 4 is 28.3 Å². The van der Waals surface area contributed by atoms with Crippen molar-refractivity contribution in [3.63, 3.8) is 0 Å². The normalized spacial score (nSPS) is 22.3. The zero-order valence-corrected chi connectivity index (χ0v) is 21.0. The average Bonchev–Trinajstić information content (AvgIpc) is 3.08. The van der Waals surface area contributed by atoms with E-state index in [1.807, 2.05) is 19.0 Å². The van der Waals surface area contributed by atoms with E-state index in [0.29, 0.717) is 29.7 Å². The third-order valence-electron chi connectivity index (χ3n) is 6.72. The van der Waals surface area contributed by atoms with Crippen LogP contribution in [0.3, 0.4) is 0 Å². The Bertz CT molecular complexity index is 934. The number of carbonyl (C=O) groups is 2. The van der Waals surface area contributed by atoms with Crippen molar-refractivity contribution in [1.29, 1.82) is 5.26 Å². The Morgan fingerprint density at radius 1 is 1.33 bits per heavy atom. The van der Waals surface area contributed by atoms with Gasteiger partial charge in [-0.05, 0) is 44.2 Å². The lowest BCUT2D eigenvalue weighted by molar-refractivity contribution is -0.136. The summed E-state index contributed by atoms with van der Waals surface area (Å²) in [5.74, 6) is -0.0895. The van der Waals surface area contributed by atoms with Crippen LogP contribution in [0.5, 0.6) is 0 Å². The molecule has 180 valence electrons. The minimum atomic E-state index is -0.373. The Labute approximate surface area is 201 Å². The van der Waals surface area contributed by atoms with E-state index >= 15 is 0 Å². The summed E-state index contributed by atoms with van der Waals surface area (Å²) in [6.45, 7) is 3.16. The maximum absolute atomic E-state index is 13.6. The number of nitrogen functional groups attached to an aromatic ring is 1. The average molecular weight is 473 g/mol. The lowest BCUT2D eigenvalue weighted by Crippen LogP contribution is -2.55. The number of likely N-dealkylation sites (N-methyl/N-ethyl adjacent to an activating group) is 1. The smallest absolute Gasteiger partial charge is 0.328 e. The first-order chi connectivity index (χ1) is 15.8. The van der Waals surface area contributed by atoms with Gasteiger partial charge in [-0.1, -0.05) is 19.8 Å². The largest absolute Gasteiger partial charge is 0.389 e. The quantitative estimate of drug-likeness (QED) is 0.591. The van der Waals surface area contributed by atoms with Crippen LogP contribution in [0.2, 0.25) is 0 Å². The van der Waals surface area contributed by atoms with Crippen LogP contribution in [0.15, 0.2) is 12.4 Å². The Hall–Kier alpha value is -2.57. The second-order valence-electron chi connectivity index (χ2n) is 9.39. The van der Waals surface area contributed by atoms with E-state index in [0.717, 1.165) is 44.1 Å². The van der Waals surface area contributed by atoms with Crippen molar-refractivity contribution in [2.45, 2.75) is 51.5 Å². The van der Waals surface area contributed by atoms with Crippen molar-refractivity contribution in [3.05, 3.63) is 28.4 Å². The molecule has 0 aromatic carbocycles. The highest BCUT2D eigenvalue weighted by atomic mass is 32.1. The van der Waals surface area contributed by atoms with Crippen LogP contribution in [-0.2, 0) is 17.6 Å². The topological polar surface area (TPSA) is 106 Å². The Morgan fingerprint density at radius 3 is 2.76 bits per heavy atom. The molecule has 33 heavy (non-hydrogen) atoms. The van der Waals surface area contributed by atoms with E-state index in [-0.39, 0.29) is 23.8 Å². The maximum Gasteiger partial charge on any atom is 0.328 e. The van der Waals surface area contributed by atoms with Crippen molar-refractivity contribution in [3.8, 4) is 6.07 Å². The molecule has 0 spiro atoms. The lowest BCUT2D eigenvalue weighted by Gasteiger charge is -2.45. The number of anilines is 1. The van der Waals surface area contributed by atoms with Crippen LogP contribution in [0.4, 0.5) is 9.80 Å². The molecule has 3 amide bonds. The van der Waals surface area contributed by atoms with Gasteiger partial charge in [0.05, 0.1) is 11.5 Å². The standard InChI is InChI=1S/C24H36N6O2S/c1-5-6-7-9-30(24(32)27-8-10-28(2)3)23(31)17-11-16-12-18-19(14-25)22(26)33-21(18)13-20(16)29(4)15-17/h8,10,16-17,20H,5-7,9,11-13,15,26H2,1-4H3,(H,27,32)/b10-8+/t16-,17-,20-/m1/s1. The second kappa shape index (κ2) is 11.0. The first kappa shape index (κ1) is 25.1. The van der Waals surface area contributed by atoms with Crippen LogP contribution in [-0.4, -0.2) is 66.9 Å². The van der Waals surface area contributed by atoms with Gasteiger partial charge < -0.3 is 20.9 Å². The van der Waals surface area contributed by atoms with Crippen molar-refractivity contribution < 1.29 is 9.59 Å². The van der Waals surface area contributed by atoms with Crippen LogP contribution in [0.25, 0.3) is 0 Å². The Kier molecular flexibility index (Phi) is 8.38. The van der Waals surface area contributed by atoms with E-state index in [2.05, 4.69) is 30.3 Å². The number of fused-ring (bicyclic) bond motifs is 2. The fourth-order valence-electron chi connectivity index (χ4n) is 5.04. The molecule has 9 heteroatoms. The molecule has 3 atom stereocenters. The summed E-state index contributed by atoms with van der Waals surface area (Å²) < 4.78 is 0. The number of hydrogen-bond acceptors (Lipinski definition) is 7. The predicted molar refractivity (Wildman–Crippen MR) is 131 cm³/mol. The number of carbonyl (C=O) groups excluding carboxylic acids is 2. The van der Waals surface area contributed by atoms with Gasteiger partial charge in [-0.3, -0.25) is 9.69 Å². The summed E-state index contributed by atoms with van der Waals surface area (Å²) in [7, 11) is 5.80. The van der Waals surface area contributed by atoms with Gasteiger partial charge in [-0.25, -0.2) is 4.79 Å². The zero-order valence-electron chi connectivity index (χ0n) is 20.1. The molecule has 0 bridgehead atoms. The van der Waals surface area contributed by atoms with Gasteiger partial charge in [0.1, 0.15) is 11.1 Å². The molecule has 2 heterocycles. The molecule has 3 rings (SSSR count). The van der Waals surface area contributed by atoms with Gasteiger partial charge in [0, 0.05) is 50.5 Å². The number of nitriles is 1. The van der Waals surface area contributed by atoms with Crippen LogP contribution in [0.1, 0.15) is 48.6 Å². The summed E-state index contributed by atoms with van der Waals surface area (Å²) in [6.07, 6.45) is 8.45. The monoisotopic (exact) mass is 472 g/mol. The molecule has 1 aromatic heterocycles. The number of hydrogen-bond donors (Lipinski definition) is 2. The van der Waals surface area contributed by atoms with E-state index in [1.54, 1.807) is 12.4 Å². The van der Waals surface area contributed by atoms with Crippen molar-refractivity contribution in [2.75, 3.05) is 40.0 Å². The summed E-state index contributed by atoms with van der Waals surface area (Å²) in [5.41, 5.74) is 7.76. The molecule has 1 saturated heterocycles. The number of nitrogens with zero attached hydrogens (tertiary/aromatic N) is 4. The van der Waals surface area contributed by atoms with Gasteiger partial charge in [0.2, 0.25) is 5.91 Å². The van der Waals surface area contributed by atoms with E-state index in [9.17, 15) is 14.9 Å². The molecule has 0 saturated carbocycles. The number of rotatable bonds is 7. The molecular weight excluding hydrogens is 436 g/mol. The number of nitrogens with two attached hydrogens (primary N) is 1. The summed E-state index contributed by atoms with van der Waals surface area (Å²) in [6, 6.07) is 2.22. The van der Waals surface area contributed by atoms with Crippen LogP contribution in [0, 0.1) is 23.2 Å². The van der Waals surface area contributed by atoms with Gasteiger partial charge in [0.15, 0.2) is 0 Å². The van der Waals surface area contributed by atoms with Crippen LogP contribution < -0.4 is 11.1 Å². The number of piperidine rings is 1.